The number of carbonyl (C=O) groups excluding carboxylic acids is 1. The number of benzene rings is 1. The molecule has 24 heavy (non-hydrogen) atoms. The van der Waals surface area contributed by atoms with E-state index in [4.69, 9.17) is 4.74 Å². The second-order valence-corrected chi connectivity index (χ2v) is 6.05. The van der Waals surface area contributed by atoms with Crippen LogP contribution in [0.4, 0.5) is 11.6 Å². The van der Waals surface area contributed by atoms with Gasteiger partial charge >= 0.3 is 0 Å². The van der Waals surface area contributed by atoms with Gasteiger partial charge in [-0.25, -0.2) is 9.97 Å². The van der Waals surface area contributed by atoms with E-state index in [9.17, 15) is 4.79 Å². The SMILES string of the molecule is Cc1ccc(NC(=O)c2cc(C)nc(NCC3CCCO3)n2)cc1. The number of hydrogen-bond acceptors (Lipinski definition) is 5. The molecule has 1 saturated heterocycles. The van der Waals surface area contributed by atoms with Crippen LogP contribution in [0, 0.1) is 13.8 Å². The summed E-state index contributed by atoms with van der Waals surface area (Å²) in [7, 11) is 0. The van der Waals surface area contributed by atoms with Crippen molar-refractivity contribution < 1.29 is 9.53 Å². The van der Waals surface area contributed by atoms with E-state index in [1.807, 2.05) is 38.1 Å². The highest BCUT2D eigenvalue weighted by molar-refractivity contribution is 6.03. The van der Waals surface area contributed by atoms with Crippen molar-refractivity contribution in [3.05, 3.63) is 47.3 Å². The Morgan fingerprint density at radius 2 is 2.04 bits per heavy atom. The first-order chi connectivity index (χ1) is 11.6. The fourth-order valence-corrected chi connectivity index (χ4v) is 2.61. The van der Waals surface area contributed by atoms with Crippen LogP contribution in [0.5, 0.6) is 0 Å². The molecule has 3 rings (SSSR count). The second-order valence-electron chi connectivity index (χ2n) is 6.05. The van der Waals surface area contributed by atoms with Crippen LogP contribution in [0.25, 0.3) is 0 Å². The Hall–Kier alpha value is -2.47. The summed E-state index contributed by atoms with van der Waals surface area (Å²) >= 11 is 0. The fourth-order valence-electron chi connectivity index (χ4n) is 2.61. The molecule has 1 amide bonds. The predicted molar refractivity (Wildman–Crippen MR) is 93.4 cm³/mol. The van der Waals surface area contributed by atoms with Gasteiger partial charge in [0, 0.05) is 24.5 Å². The topological polar surface area (TPSA) is 76.1 Å². The van der Waals surface area contributed by atoms with Gasteiger partial charge in [0.05, 0.1) is 6.10 Å². The zero-order valence-corrected chi connectivity index (χ0v) is 14.0. The number of hydrogen-bond donors (Lipinski definition) is 2. The third kappa shape index (κ3) is 4.29. The maximum absolute atomic E-state index is 12.4. The van der Waals surface area contributed by atoms with E-state index in [0.717, 1.165) is 36.4 Å². The molecule has 1 aliphatic heterocycles. The van der Waals surface area contributed by atoms with Gasteiger partial charge in [0.2, 0.25) is 5.95 Å². The molecular formula is C18H22N4O2. The summed E-state index contributed by atoms with van der Waals surface area (Å²) in [6.07, 6.45) is 2.32. The van der Waals surface area contributed by atoms with Crippen molar-refractivity contribution in [2.24, 2.45) is 0 Å². The van der Waals surface area contributed by atoms with Gasteiger partial charge in [0.1, 0.15) is 5.69 Å². The van der Waals surface area contributed by atoms with Crippen LogP contribution in [0.1, 0.15) is 34.6 Å². The number of nitrogens with one attached hydrogen (secondary N) is 2. The Morgan fingerprint density at radius 1 is 1.25 bits per heavy atom. The van der Waals surface area contributed by atoms with Gasteiger partial charge in [-0.3, -0.25) is 4.79 Å². The molecular weight excluding hydrogens is 304 g/mol. The molecule has 1 atom stereocenters. The molecule has 126 valence electrons. The number of ether oxygens (including phenoxy) is 1. The number of anilines is 2. The van der Waals surface area contributed by atoms with Crippen LogP contribution in [0.2, 0.25) is 0 Å². The molecule has 2 heterocycles. The van der Waals surface area contributed by atoms with Crippen molar-refractivity contribution in [2.75, 3.05) is 23.8 Å². The number of amides is 1. The molecule has 1 aromatic heterocycles. The van der Waals surface area contributed by atoms with E-state index in [0.29, 0.717) is 18.2 Å². The molecule has 1 aliphatic rings. The molecule has 0 bridgehead atoms. The zero-order chi connectivity index (χ0) is 16.9. The lowest BCUT2D eigenvalue weighted by atomic mass is 10.2. The van der Waals surface area contributed by atoms with Gasteiger partial charge in [-0.1, -0.05) is 17.7 Å². The first-order valence-electron chi connectivity index (χ1n) is 8.19. The lowest BCUT2D eigenvalue weighted by molar-refractivity contribution is 0.102. The van der Waals surface area contributed by atoms with Crippen molar-refractivity contribution in [1.82, 2.24) is 9.97 Å². The van der Waals surface area contributed by atoms with Gasteiger partial charge in [0.25, 0.3) is 5.91 Å². The van der Waals surface area contributed by atoms with E-state index in [2.05, 4.69) is 20.6 Å². The maximum atomic E-state index is 12.4. The minimum absolute atomic E-state index is 0.193. The number of nitrogens with zero attached hydrogens (tertiary/aromatic N) is 2. The number of rotatable bonds is 5. The van der Waals surface area contributed by atoms with Crippen LogP contribution in [-0.4, -0.2) is 35.1 Å². The molecule has 1 aromatic carbocycles. The van der Waals surface area contributed by atoms with Gasteiger partial charge in [0.15, 0.2) is 0 Å². The normalized spacial score (nSPS) is 16.8. The summed E-state index contributed by atoms with van der Waals surface area (Å²) in [5, 5.41) is 6.02. The first-order valence-corrected chi connectivity index (χ1v) is 8.19. The quantitative estimate of drug-likeness (QED) is 0.883. The molecule has 2 N–H and O–H groups in total. The lowest BCUT2D eigenvalue weighted by Gasteiger charge is -2.12. The van der Waals surface area contributed by atoms with Gasteiger partial charge in [-0.2, -0.15) is 0 Å². The maximum Gasteiger partial charge on any atom is 0.274 e. The molecule has 0 saturated carbocycles. The third-order valence-corrected chi connectivity index (χ3v) is 3.91. The van der Waals surface area contributed by atoms with Crippen LogP contribution in [0.15, 0.2) is 30.3 Å². The minimum Gasteiger partial charge on any atom is -0.376 e. The highest BCUT2D eigenvalue weighted by Gasteiger charge is 2.16. The molecule has 6 nitrogen and oxygen atoms in total. The summed E-state index contributed by atoms with van der Waals surface area (Å²) in [5.41, 5.74) is 2.98. The Balaban J connectivity index is 1.67. The molecule has 2 aromatic rings. The van der Waals surface area contributed by atoms with Gasteiger partial charge in [-0.05, 0) is 44.9 Å². The Kier molecular flexibility index (Phi) is 5.05. The van der Waals surface area contributed by atoms with E-state index < -0.39 is 0 Å². The van der Waals surface area contributed by atoms with E-state index in [1.165, 1.54) is 0 Å². The third-order valence-electron chi connectivity index (χ3n) is 3.91. The van der Waals surface area contributed by atoms with Crippen LogP contribution in [-0.2, 0) is 4.74 Å². The smallest absolute Gasteiger partial charge is 0.274 e. The summed E-state index contributed by atoms with van der Waals surface area (Å²) in [6.45, 7) is 5.32. The lowest BCUT2D eigenvalue weighted by Crippen LogP contribution is -2.21. The molecule has 0 radical (unpaired) electrons. The van der Waals surface area contributed by atoms with Crippen LogP contribution >= 0.6 is 0 Å². The summed E-state index contributed by atoms with van der Waals surface area (Å²) in [4.78, 5) is 21.1. The Bertz CT molecular complexity index is 709. The van der Waals surface area contributed by atoms with E-state index in [1.54, 1.807) is 6.07 Å². The second kappa shape index (κ2) is 7.40. The largest absolute Gasteiger partial charge is 0.376 e. The summed E-state index contributed by atoms with van der Waals surface area (Å²) in [6, 6.07) is 9.33. The average molecular weight is 326 g/mol. The zero-order valence-electron chi connectivity index (χ0n) is 14.0. The fraction of sp³-hybridized carbons (Fsp3) is 0.389. The van der Waals surface area contributed by atoms with Crippen molar-refractivity contribution in [3.8, 4) is 0 Å². The molecule has 6 heteroatoms. The number of carbonyl (C=O) groups is 1. The van der Waals surface area contributed by atoms with Crippen LogP contribution < -0.4 is 10.6 Å². The van der Waals surface area contributed by atoms with Crippen molar-refractivity contribution in [2.45, 2.75) is 32.8 Å². The van der Waals surface area contributed by atoms with Gasteiger partial charge in [-0.15, -0.1) is 0 Å². The van der Waals surface area contributed by atoms with Crippen molar-refractivity contribution in [3.63, 3.8) is 0 Å². The molecule has 1 fully saturated rings. The van der Waals surface area contributed by atoms with Gasteiger partial charge < -0.3 is 15.4 Å². The number of aryl methyl sites for hydroxylation is 2. The van der Waals surface area contributed by atoms with E-state index >= 15 is 0 Å². The average Bonchev–Trinajstić information content (AvgIpc) is 3.08. The highest BCUT2D eigenvalue weighted by atomic mass is 16.5. The molecule has 0 spiro atoms. The predicted octanol–water partition coefficient (Wildman–Crippen LogP) is 2.94. The standard InChI is InChI=1S/C18H22N4O2/c1-12-5-7-14(8-6-12)21-17(23)16-10-13(2)20-18(22-16)19-11-15-4-3-9-24-15/h5-8,10,15H,3-4,9,11H2,1-2H3,(H,21,23)(H,19,20,22). The molecule has 0 aliphatic carbocycles. The monoisotopic (exact) mass is 326 g/mol. The van der Waals surface area contributed by atoms with Crippen molar-refractivity contribution in [1.29, 1.82) is 0 Å². The minimum atomic E-state index is -0.246. The summed E-state index contributed by atoms with van der Waals surface area (Å²) < 4.78 is 5.57. The number of aromatic nitrogens is 2. The summed E-state index contributed by atoms with van der Waals surface area (Å²) in [5.74, 6) is 0.212. The van der Waals surface area contributed by atoms with E-state index in [-0.39, 0.29) is 12.0 Å². The Labute approximate surface area is 141 Å². The first kappa shape index (κ1) is 16.4. The van der Waals surface area contributed by atoms with Crippen LogP contribution in [0.3, 0.4) is 0 Å². The highest BCUT2D eigenvalue weighted by Crippen LogP contribution is 2.14. The Morgan fingerprint density at radius 3 is 2.75 bits per heavy atom. The van der Waals surface area contributed by atoms with Crippen molar-refractivity contribution >= 4 is 17.5 Å². The molecule has 1 unspecified atom stereocenters.